The van der Waals surface area contributed by atoms with Crippen molar-refractivity contribution in [2.45, 2.75) is 26.4 Å². The number of ether oxygens (including phenoxy) is 2. The van der Waals surface area contributed by atoms with Crippen LogP contribution < -0.4 is 4.74 Å². The Bertz CT molecular complexity index is 744. The highest BCUT2D eigenvalue weighted by atomic mass is 16.5. The molecule has 2 heterocycles. The molecule has 7 nitrogen and oxygen atoms in total. The van der Waals surface area contributed by atoms with E-state index in [1.807, 2.05) is 30.3 Å². The first-order chi connectivity index (χ1) is 12.7. The van der Waals surface area contributed by atoms with Gasteiger partial charge in [0.05, 0.1) is 18.2 Å². The number of carbonyl (C=O) groups excluding carboxylic acids is 2. The van der Waals surface area contributed by atoms with Crippen LogP contribution in [0.2, 0.25) is 0 Å². The van der Waals surface area contributed by atoms with Crippen LogP contribution in [0.5, 0.6) is 5.75 Å². The van der Waals surface area contributed by atoms with Crippen LogP contribution in [0.3, 0.4) is 0 Å². The van der Waals surface area contributed by atoms with E-state index in [1.54, 1.807) is 17.9 Å². The minimum Gasteiger partial charge on any atom is -0.487 e. The smallest absolute Gasteiger partial charge is 0.310 e. The molecule has 1 N–H and O–H groups in total. The van der Waals surface area contributed by atoms with Crippen molar-refractivity contribution in [3.05, 3.63) is 47.8 Å². The molecule has 1 atom stereocenters. The molecule has 0 bridgehead atoms. The Morgan fingerprint density at radius 3 is 2.88 bits per heavy atom. The SMILES string of the molecule is CCOC(=O)C1CCCN(C(=O)c2cc(COc3ccccc3)[nH]n2)C1. The summed E-state index contributed by atoms with van der Waals surface area (Å²) in [7, 11) is 0. The molecule has 1 amide bonds. The molecule has 0 radical (unpaired) electrons. The average molecular weight is 357 g/mol. The molecule has 0 saturated carbocycles. The number of aromatic amines is 1. The van der Waals surface area contributed by atoms with Crippen molar-refractivity contribution in [2.24, 2.45) is 5.92 Å². The van der Waals surface area contributed by atoms with Gasteiger partial charge in [-0.25, -0.2) is 0 Å². The van der Waals surface area contributed by atoms with Crippen molar-refractivity contribution >= 4 is 11.9 Å². The summed E-state index contributed by atoms with van der Waals surface area (Å²) in [5, 5.41) is 6.93. The van der Waals surface area contributed by atoms with Crippen molar-refractivity contribution in [1.29, 1.82) is 0 Å². The summed E-state index contributed by atoms with van der Waals surface area (Å²) in [6.07, 6.45) is 1.53. The summed E-state index contributed by atoms with van der Waals surface area (Å²) in [6, 6.07) is 11.1. The van der Waals surface area contributed by atoms with Gasteiger partial charge < -0.3 is 14.4 Å². The summed E-state index contributed by atoms with van der Waals surface area (Å²) in [5.41, 5.74) is 1.05. The highest BCUT2D eigenvalue weighted by Gasteiger charge is 2.30. The number of aromatic nitrogens is 2. The van der Waals surface area contributed by atoms with E-state index in [0.717, 1.165) is 24.3 Å². The third-order valence-electron chi connectivity index (χ3n) is 4.32. The largest absolute Gasteiger partial charge is 0.487 e. The average Bonchev–Trinajstić information content (AvgIpc) is 3.16. The Labute approximate surface area is 152 Å². The molecule has 1 aliphatic rings. The molecule has 0 spiro atoms. The Kier molecular flexibility index (Phi) is 5.88. The van der Waals surface area contributed by atoms with Crippen molar-refractivity contribution in [1.82, 2.24) is 15.1 Å². The molecule has 138 valence electrons. The van der Waals surface area contributed by atoms with Crippen molar-refractivity contribution in [3.63, 3.8) is 0 Å². The van der Waals surface area contributed by atoms with Gasteiger partial charge in [0.25, 0.3) is 5.91 Å². The third kappa shape index (κ3) is 4.41. The van der Waals surface area contributed by atoms with E-state index in [0.29, 0.717) is 32.0 Å². The maximum atomic E-state index is 12.7. The number of carbonyl (C=O) groups is 2. The minimum atomic E-state index is -0.257. The number of hydrogen-bond acceptors (Lipinski definition) is 5. The number of amides is 1. The molecular weight excluding hydrogens is 334 g/mol. The van der Waals surface area contributed by atoms with Gasteiger partial charge in [-0.3, -0.25) is 14.7 Å². The highest BCUT2D eigenvalue weighted by Crippen LogP contribution is 2.20. The summed E-state index contributed by atoms with van der Waals surface area (Å²) < 4.78 is 10.7. The first kappa shape index (κ1) is 18.0. The lowest BCUT2D eigenvalue weighted by molar-refractivity contribution is -0.149. The van der Waals surface area contributed by atoms with Gasteiger partial charge >= 0.3 is 5.97 Å². The van der Waals surface area contributed by atoms with Gasteiger partial charge in [-0.05, 0) is 38.0 Å². The van der Waals surface area contributed by atoms with E-state index < -0.39 is 0 Å². The van der Waals surface area contributed by atoms with Gasteiger partial charge in [0.1, 0.15) is 12.4 Å². The van der Waals surface area contributed by atoms with E-state index in [-0.39, 0.29) is 17.8 Å². The molecule has 1 saturated heterocycles. The molecule has 26 heavy (non-hydrogen) atoms. The van der Waals surface area contributed by atoms with Gasteiger partial charge in [0.15, 0.2) is 5.69 Å². The first-order valence-electron chi connectivity index (χ1n) is 8.85. The number of esters is 1. The van der Waals surface area contributed by atoms with E-state index in [9.17, 15) is 9.59 Å². The Hall–Kier alpha value is -2.83. The molecule has 1 aliphatic heterocycles. The Morgan fingerprint density at radius 2 is 2.12 bits per heavy atom. The van der Waals surface area contributed by atoms with Crippen LogP contribution in [-0.4, -0.2) is 46.7 Å². The standard InChI is InChI=1S/C19H23N3O4/c1-2-25-19(24)14-7-6-10-22(12-14)18(23)17-11-15(20-21-17)13-26-16-8-4-3-5-9-16/h3-5,8-9,11,14H,2,6-7,10,12-13H2,1H3,(H,20,21). The van der Waals surface area contributed by atoms with Crippen molar-refractivity contribution in [3.8, 4) is 5.75 Å². The fourth-order valence-electron chi connectivity index (χ4n) is 3.00. The number of likely N-dealkylation sites (tertiary alicyclic amines) is 1. The number of H-pyrrole nitrogens is 1. The van der Waals surface area contributed by atoms with Crippen LogP contribution in [0.4, 0.5) is 0 Å². The number of nitrogens with one attached hydrogen (secondary N) is 1. The van der Waals surface area contributed by atoms with E-state index in [2.05, 4.69) is 10.2 Å². The number of benzene rings is 1. The van der Waals surface area contributed by atoms with Gasteiger partial charge in [-0.15, -0.1) is 0 Å². The van der Waals surface area contributed by atoms with E-state index in [4.69, 9.17) is 9.47 Å². The molecular formula is C19H23N3O4. The molecule has 1 aromatic carbocycles. The number of piperidine rings is 1. The monoisotopic (exact) mass is 357 g/mol. The van der Waals surface area contributed by atoms with Crippen LogP contribution in [0.1, 0.15) is 35.9 Å². The second-order valence-electron chi connectivity index (χ2n) is 6.22. The third-order valence-corrected chi connectivity index (χ3v) is 4.32. The topological polar surface area (TPSA) is 84.5 Å². The number of hydrogen-bond donors (Lipinski definition) is 1. The van der Waals surface area contributed by atoms with Crippen molar-refractivity contribution in [2.75, 3.05) is 19.7 Å². The maximum Gasteiger partial charge on any atom is 0.310 e. The molecule has 0 aliphatic carbocycles. The van der Waals surface area contributed by atoms with Crippen LogP contribution in [0.15, 0.2) is 36.4 Å². The number of nitrogens with zero attached hydrogens (tertiary/aromatic N) is 2. The van der Waals surface area contributed by atoms with Gasteiger partial charge in [0, 0.05) is 13.1 Å². The van der Waals surface area contributed by atoms with E-state index in [1.165, 1.54) is 0 Å². The molecule has 7 heteroatoms. The zero-order valence-electron chi connectivity index (χ0n) is 14.8. The Morgan fingerprint density at radius 1 is 1.31 bits per heavy atom. The molecule has 2 aromatic rings. The van der Waals surface area contributed by atoms with Crippen molar-refractivity contribution < 1.29 is 19.1 Å². The summed E-state index contributed by atoms with van der Waals surface area (Å²) in [5.74, 6) is 0.0842. The summed E-state index contributed by atoms with van der Waals surface area (Å²) in [6.45, 7) is 3.44. The normalized spacial score (nSPS) is 17.0. The minimum absolute atomic E-state index is 0.179. The predicted molar refractivity (Wildman–Crippen MR) is 94.6 cm³/mol. The fraction of sp³-hybridized carbons (Fsp3) is 0.421. The predicted octanol–water partition coefficient (Wildman–Crippen LogP) is 2.40. The number of para-hydroxylation sites is 1. The second kappa shape index (κ2) is 8.51. The zero-order chi connectivity index (χ0) is 18.4. The molecule has 1 unspecified atom stereocenters. The quantitative estimate of drug-likeness (QED) is 0.803. The molecule has 1 aromatic heterocycles. The fourth-order valence-corrected chi connectivity index (χ4v) is 3.00. The lowest BCUT2D eigenvalue weighted by atomic mass is 9.98. The van der Waals surface area contributed by atoms with Crippen LogP contribution >= 0.6 is 0 Å². The molecule has 3 rings (SSSR count). The van der Waals surface area contributed by atoms with Crippen LogP contribution in [0.25, 0.3) is 0 Å². The van der Waals surface area contributed by atoms with Gasteiger partial charge in [0.2, 0.25) is 0 Å². The Balaban J connectivity index is 1.58. The van der Waals surface area contributed by atoms with Crippen LogP contribution in [0, 0.1) is 5.92 Å². The van der Waals surface area contributed by atoms with E-state index >= 15 is 0 Å². The maximum absolute atomic E-state index is 12.7. The second-order valence-corrected chi connectivity index (χ2v) is 6.22. The lowest BCUT2D eigenvalue weighted by Crippen LogP contribution is -2.43. The lowest BCUT2D eigenvalue weighted by Gasteiger charge is -2.31. The summed E-state index contributed by atoms with van der Waals surface area (Å²) >= 11 is 0. The zero-order valence-corrected chi connectivity index (χ0v) is 14.8. The van der Waals surface area contributed by atoms with Gasteiger partial charge in [-0.2, -0.15) is 5.10 Å². The van der Waals surface area contributed by atoms with Gasteiger partial charge in [-0.1, -0.05) is 18.2 Å². The highest BCUT2D eigenvalue weighted by molar-refractivity contribution is 5.92. The number of rotatable bonds is 6. The first-order valence-corrected chi connectivity index (χ1v) is 8.85. The van der Waals surface area contributed by atoms with Crippen LogP contribution in [-0.2, 0) is 16.1 Å². The summed E-state index contributed by atoms with van der Waals surface area (Å²) in [4.78, 5) is 26.3. The molecule has 1 fully saturated rings.